The topological polar surface area (TPSA) is 114 Å². The molecule has 2 atom stereocenters. The summed E-state index contributed by atoms with van der Waals surface area (Å²) in [6.07, 6.45) is -1.04. The molecule has 1 aromatic rings. The number of nitrogens with one attached hydrogen (secondary N) is 3. The first kappa shape index (κ1) is 21.1. The van der Waals surface area contributed by atoms with Crippen molar-refractivity contribution in [1.82, 2.24) is 16.0 Å². The smallest absolute Gasteiger partial charge is 0.329 e. The average Bonchev–Trinajstić information content (AvgIpc) is 2.59. The lowest BCUT2D eigenvalue weighted by Crippen LogP contribution is -2.49. The fourth-order valence-electron chi connectivity index (χ4n) is 2.08. The number of imide groups is 1. The van der Waals surface area contributed by atoms with Crippen molar-refractivity contribution >= 4 is 23.8 Å². The maximum Gasteiger partial charge on any atom is 0.329 e. The summed E-state index contributed by atoms with van der Waals surface area (Å²) in [6.45, 7) is 4.85. The van der Waals surface area contributed by atoms with Gasteiger partial charge in [-0.15, -0.1) is 0 Å². The predicted octanol–water partition coefficient (Wildman–Crippen LogP) is 0.757. The maximum absolute atomic E-state index is 12.3. The van der Waals surface area contributed by atoms with E-state index in [1.54, 1.807) is 13.8 Å². The molecule has 0 spiro atoms. The zero-order valence-electron chi connectivity index (χ0n) is 15.4. The molecule has 3 N–H and O–H groups in total. The minimum absolute atomic E-state index is 0.129. The summed E-state index contributed by atoms with van der Waals surface area (Å²) in [4.78, 5) is 47.4. The number of benzene rings is 1. The lowest BCUT2D eigenvalue weighted by atomic mass is 10.0. The van der Waals surface area contributed by atoms with E-state index >= 15 is 0 Å². The van der Waals surface area contributed by atoms with E-state index in [1.165, 1.54) is 14.0 Å². The van der Waals surface area contributed by atoms with Crippen molar-refractivity contribution in [3.8, 4) is 0 Å². The molecule has 0 aliphatic heterocycles. The highest BCUT2D eigenvalue weighted by molar-refractivity contribution is 5.97. The number of esters is 1. The summed E-state index contributed by atoms with van der Waals surface area (Å²) in [5.41, 5.74) is 0.819. The summed E-state index contributed by atoms with van der Waals surface area (Å²) >= 11 is 0. The van der Waals surface area contributed by atoms with Crippen LogP contribution in [0.1, 0.15) is 26.3 Å². The second-order valence-electron chi connectivity index (χ2n) is 6.10. The zero-order valence-corrected chi connectivity index (χ0v) is 15.4. The monoisotopic (exact) mass is 363 g/mol. The standard InChI is InChI=1S/C18H25N3O5/c1-11(2)15(20-14(22)10-13-8-6-5-7-9-13)17(24)26-12(3)16(23)21-18(25)19-4/h5-9,11-12,15H,10H2,1-4H3,(H,20,22)(H2,19,21,23,25)/t12-,15-/m0/s1. The van der Waals surface area contributed by atoms with Gasteiger partial charge in [0.2, 0.25) is 5.91 Å². The van der Waals surface area contributed by atoms with Gasteiger partial charge in [-0.05, 0) is 18.4 Å². The largest absolute Gasteiger partial charge is 0.451 e. The molecule has 0 saturated heterocycles. The lowest BCUT2D eigenvalue weighted by Gasteiger charge is -2.22. The Morgan fingerprint density at radius 2 is 1.65 bits per heavy atom. The van der Waals surface area contributed by atoms with Crippen LogP contribution < -0.4 is 16.0 Å². The molecule has 8 heteroatoms. The molecule has 0 aliphatic carbocycles. The first-order valence-corrected chi connectivity index (χ1v) is 8.31. The molecule has 1 rings (SSSR count). The van der Waals surface area contributed by atoms with Crippen LogP contribution in [0.2, 0.25) is 0 Å². The molecule has 0 aromatic heterocycles. The number of carbonyl (C=O) groups is 4. The van der Waals surface area contributed by atoms with E-state index in [0.29, 0.717) is 0 Å². The Morgan fingerprint density at radius 1 is 1.04 bits per heavy atom. The van der Waals surface area contributed by atoms with Gasteiger partial charge in [-0.25, -0.2) is 9.59 Å². The summed E-state index contributed by atoms with van der Waals surface area (Å²) in [5.74, 6) is -2.05. The number of amides is 4. The maximum atomic E-state index is 12.3. The lowest BCUT2D eigenvalue weighted by molar-refractivity contribution is -0.158. The van der Waals surface area contributed by atoms with Gasteiger partial charge in [0.1, 0.15) is 6.04 Å². The third-order valence-corrected chi connectivity index (χ3v) is 3.57. The van der Waals surface area contributed by atoms with Crippen LogP contribution in [0.25, 0.3) is 0 Å². The predicted molar refractivity (Wildman–Crippen MR) is 95.1 cm³/mol. The fraction of sp³-hybridized carbons (Fsp3) is 0.444. The highest BCUT2D eigenvalue weighted by Gasteiger charge is 2.29. The quantitative estimate of drug-likeness (QED) is 0.619. The molecule has 26 heavy (non-hydrogen) atoms. The Kier molecular flexibility index (Phi) is 8.27. The third kappa shape index (κ3) is 6.92. The third-order valence-electron chi connectivity index (χ3n) is 3.57. The van der Waals surface area contributed by atoms with E-state index in [1.807, 2.05) is 35.6 Å². The normalized spacial score (nSPS) is 12.7. The molecule has 0 bridgehead atoms. The second-order valence-corrected chi connectivity index (χ2v) is 6.10. The number of hydrogen-bond donors (Lipinski definition) is 3. The Labute approximate surface area is 152 Å². The van der Waals surface area contributed by atoms with Crippen LogP contribution in [0.4, 0.5) is 4.79 Å². The first-order valence-electron chi connectivity index (χ1n) is 8.31. The van der Waals surface area contributed by atoms with Crippen LogP contribution in [-0.2, 0) is 25.5 Å². The van der Waals surface area contributed by atoms with E-state index in [-0.39, 0.29) is 18.2 Å². The van der Waals surface area contributed by atoms with E-state index in [4.69, 9.17) is 4.74 Å². The number of rotatable bonds is 7. The van der Waals surface area contributed by atoms with Gasteiger partial charge in [-0.3, -0.25) is 14.9 Å². The number of carbonyl (C=O) groups excluding carboxylic acids is 4. The van der Waals surface area contributed by atoms with Crippen LogP contribution >= 0.6 is 0 Å². The van der Waals surface area contributed by atoms with Crippen LogP contribution in [-0.4, -0.2) is 43.0 Å². The molecule has 4 amide bonds. The summed E-state index contributed by atoms with van der Waals surface area (Å²) < 4.78 is 5.09. The van der Waals surface area contributed by atoms with E-state index < -0.39 is 30.1 Å². The average molecular weight is 363 g/mol. The van der Waals surface area contributed by atoms with Crippen LogP contribution in [0, 0.1) is 5.92 Å². The number of ether oxygens (including phenoxy) is 1. The van der Waals surface area contributed by atoms with Crippen molar-refractivity contribution in [1.29, 1.82) is 0 Å². The van der Waals surface area contributed by atoms with Gasteiger partial charge in [0.05, 0.1) is 6.42 Å². The van der Waals surface area contributed by atoms with Crippen LogP contribution in [0.3, 0.4) is 0 Å². The Morgan fingerprint density at radius 3 is 2.19 bits per heavy atom. The molecule has 0 heterocycles. The molecule has 8 nitrogen and oxygen atoms in total. The Balaban J connectivity index is 2.64. The van der Waals surface area contributed by atoms with Gasteiger partial charge in [0, 0.05) is 7.05 Å². The van der Waals surface area contributed by atoms with Gasteiger partial charge in [0.15, 0.2) is 6.10 Å². The van der Waals surface area contributed by atoms with Gasteiger partial charge in [0.25, 0.3) is 5.91 Å². The highest BCUT2D eigenvalue weighted by Crippen LogP contribution is 2.08. The molecule has 0 fully saturated rings. The molecule has 142 valence electrons. The van der Waals surface area contributed by atoms with E-state index in [9.17, 15) is 19.2 Å². The van der Waals surface area contributed by atoms with E-state index in [2.05, 4.69) is 10.6 Å². The molecule has 0 saturated carbocycles. The fourth-order valence-corrected chi connectivity index (χ4v) is 2.08. The van der Waals surface area contributed by atoms with Gasteiger partial charge < -0.3 is 15.4 Å². The van der Waals surface area contributed by atoms with Crippen LogP contribution in [0.15, 0.2) is 30.3 Å². The van der Waals surface area contributed by atoms with Crippen molar-refractivity contribution in [2.45, 2.75) is 39.3 Å². The first-order chi connectivity index (χ1) is 12.2. The summed E-state index contributed by atoms with van der Waals surface area (Å²) in [7, 11) is 1.36. The van der Waals surface area contributed by atoms with Crippen molar-refractivity contribution in [2.24, 2.45) is 5.92 Å². The SMILES string of the molecule is CNC(=O)NC(=O)[C@H](C)OC(=O)[C@@H](NC(=O)Cc1ccccc1)C(C)C. The van der Waals surface area contributed by atoms with Crippen molar-refractivity contribution < 1.29 is 23.9 Å². The molecule has 0 unspecified atom stereocenters. The molecular formula is C18H25N3O5. The highest BCUT2D eigenvalue weighted by atomic mass is 16.5. The minimum atomic E-state index is -1.17. The molecule has 0 radical (unpaired) electrons. The number of urea groups is 1. The van der Waals surface area contributed by atoms with Gasteiger partial charge in [-0.2, -0.15) is 0 Å². The molecule has 0 aliphatic rings. The zero-order chi connectivity index (χ0) is 19.7. The van der Waals surface area contributed by atoms with Crippen molar-refractivity contribution in [3.63, 3.8) is 0 Å². The summed E-state index contributed by atoms with van der Waals surface area (Å²) in [5, 5.41) is 6.89. The minimum Gasteiger partial charge on any atom is -0.451 e. The van der Waals surface area contributed by atoms with E-state index in [0.717, 1.165) is 5.56 Å². The molecular weight excluding hydrogens is 338 g/mol. The van der Waals surface area contributed by atoms with Crippen LogP contribution in [0.5, 0.6) is 0 Å². The summed E-state index contributed by atoms with van der Waals surface area (Å²) in [6, 6.07) is 7.52. The van der Waals surface area contributed by atoms with Gasteiger partial charge >= 0.3 is 12.0 Å². The van der Waals surface area contributed by atoms with Crippen molar-refractivity contribution in [3.05, 3.63) is 35.9 Å². The van der Waals surface area contributed by atoms with Gasteiger partial charge in [-0.1, -0.05) is 44.2 Å². The van der Waals surface area contributed by atoms with Crippen molar-refractivity contribution in [2.75, 3.05) is 7.05 Å². The molecule has 1 aromatic carbocycles. The second kappa shape index (κ2) is 10.2. The Hall–Kier alpha value is -2.90. The number of hydrogen-bond acceptors (Lipinski definition) is 5. The Bertz CT molecular complexity index is 645.